The molecule has 0 heterocycles. The smallest absolute Gasteiger partial charge is 0.170 e. The fourth-order valence-electron chi connectivity index (χ4n) is 2.66. The van der Waals surface area contributed by atoms with Crippen LogP contribution < -0.4 is 15.5 Å². The van der Waals surface area contributed by atoms with Crippen molar-refractivity contribution >= 4 is 28.7 Å². The van der Waals surface area contributed by atoms with E-state index >= 15 is 0 Å². The van der Waals surface area contributed by atoms with Crippen LogP contribution in [0.25, 0.3) is 0 Å². The molecular weight excluding hydrogens is 326 g/mol. The summed E-state index contributed by atoms with van der Waals surface area (Å²) in [5, 5.41) is 7.21. The molecule has 0 aliphatic heterocycles. The number of aryl methyl sites for hydroxylation is 1. The van der Waals surface area contributed by atoms with Crippen molar-refractivity contribution < 1.29 is 0 Å². The molecule has 4 heteroatoms. The van der Waals surface area contributed by atoms with Crippen LogP contribution in [-0.4, -0.2) is 24.7 Å². The van der Waals surface area contributed by atoms with Crippen LogP contribution in [0, 0.1) is 6.92 Å². The number of anilines is 2. The lowest BCUT2D eigenvalue weighted by atomic mass is 10.0. The van der Waals surface area contributed by atoms with Crippen LogP contribution in [-0.2, 0) is 0 Å². The third-order valence-electron chi connectivity index (χ3n) is 4.28. The van der Waals surface area contributed by atoms with Crippen LogP contribution in [0.1, 0.15) is 37.8 Å². The van der Waals surface area contributed by atoms with Crippen LogP contribution in [0.3, 0.4) is 0 Å². The second-order valence-corrected chi connectivity index (χ2v) is 6.98. The summed E-state index contributed by atoms with van der Waals surface area (Å²) in [7, 11) is 0. The first-order chi connectivity index (χ1) is 12.0. The number of rotatable bonds is 7. The van der Waals surface area contributed by atoms with Crippen molar-refractivity contribution in [3.8, 4) is 0 Å². The molecule has 0 amide bonds. The number of hydrogen-bond donors (Lipinski definition) is 2. The van der Waals surface area contributed by atoms with Gasteiger partial charge in [0, 0.05) is 31.0 Å². The Morgan fingerprint density at radius 3 is 2.24 bits per heavy atom. The minimum absolute atomic E-state index is 0.543. The van der Waals surface area contributed by atoms with Crippen molar-refractivity contribution in [2.75, 3.05) is 29.9 Å². The zero-order valence-electron chi connectivity index (χ0n) is 15.7. The fourth-order valence-corrected chi connectivity index (χ4v) is 2.88. The monoisotopic (exact) mass is 355 g/mol. The molecule has 0 unspecified atom stereocenters. The Kier molecular flexibility index (Phi) is 7.26. The molecule has 0 saturated carbocycles. The van der Waals surface area contributed by atoms with E-state index in [4.69, 9.17) is 12.2 Å². The van der Waals surface area contributed by atoms with E-state index < -0.39 is 0 Å². The van der Waals surface area contributed by atoms with Gasteiger partial charge in [0.2, 0.25) is 0 Å². The first-order valence-electron chi connectivity index (χ1n) is 8.96. The summed E-state index contributed by atoms with van der Waals surface area (Å²) in [5.41, 5.74) is 4.89. The number of hydrogen-bond acceptors (Lipinski definition) is 2. The second kappa shape index (κ2) is 9.42. The molecule has 3 nitrogen and oxygen atoms in total. The van der Waals surface area contributed by atoms with E-state index in [2.05, 4.69) is 91.8 Å². The molecule has 0 atom stereocenters. The molecule has 134 valence electrons. The van der Waals surface area contributed by atoms with Crippen LogP contribution >= 0.6 is 12.2 Å². The molecule has 0 aliphatic rings. The molecule has 2 N–H and O–H groups in total. The molecule has 2 aromatic rings. The zero-order valence-corrected chi connectivity index (χ0v) is 16.5. The van der Waals surface area contributed by atoms with E-state index in [0.29, 0.717) is 11.0 Å². The predicted molar refractivity (Wildman–Crippen MR) is 114 cm³/mol. The summed E-state index contributed by atoms with van der Waals surface area (Å²) < 4.78 is 0. The molecule has 25 heavy (non-hydrogen) atoms. The topological polar surface area (TPSA) is 27.3 Å². The standard InChI is InChI=1S/C21H29N3S/c1-5-24(20-12-6-17(4)7-13-20)15-14-22-21(25)23-19-10-8-18(9-11-19)16(2)3/h6-13,16H,5,14-15H2,1-4H3,(H2,22,23,25). The summed E-state index contributed by atoms with van der Waals surface area (Å²) in [5.74, 6) is 0.543. The maximum Gasteiger partial charge on any atom is 0.170 e. The Bertz CT molecular complexity index is 663. The molecule has 0 saturated heterocycles. The third-order valence-corrected chi connectivity index (χ3v) is 4.53. The summed E-state index contributed by atoms with van der Waals surface area (Å²) in [4.78, 5) is 2.34. The summed E-state index contributed by atoms with van der Waals surface area (Å²) in [6.45, 7) is 11.4. The number of thiocarbonyl (C=S) groups is 1. The molecular formula is C21H29N3S. The van der Waals surface area contributed by atoms with Gasteiger partial charge >= 0.3 is 0 Å². The number of benzene rings is 2. The third kappa shape index (κ3) is 6.05. The van der Waals surface area contributed by atoms with Gasteiger partial charge in [-0.25, -0.2) is 0 Å². The Hall–Kier alpha value is -2.07. The van der Waals surface area contributed by atoms with E-state index in [1.807, 2.05) is 0 Å². The molecule has 0 fully saturated rings. The van der Waals surface area contributed by atoms with Crippen LogP contribution in [0.5, 0.6) is 0 Å². The van der Waals surface area contributed by atoms with Crippen molar-refractivity contribution in [1.82, 2.24) is 5.32 Å². The van der Waals surface area contributed by atoms with E-state index in [9.17, 15) is 0 Å². The average Bonchev–Trinajstić information content (AvgIpc) is 2.60. The Balaban J connectivity index is 1.79. The van der Waals surface area contributed by atoms with Gasteiger partial charge in [-0.15, -0.1) is 0 Å². The van der Waals surface area contributed by atoms with Gasteiger partial charge in [-0.2, -0.15) is 0 Å². The predicted octanol–water partition coefficient (Wildman–Crippen LogP) is 4.93. The Morgan fingerprint density at radius 1 is 1.04 bits per heavy atom. The van der Waals surface area contributed by atoms with Gasteiger partial charge < -0.3 is 15.5 Å². The lowest BCUT2D eigenvalue weighted by Gasteiger charge is -2.24. The van der Waals surface area contributed by atoms with Gasteiger partial charge in [-0.05, 0) is 61.8 Å². The van der Waals surface area contributed by atoms with E-state index in [1.54, 1.807) is 0 Å². The van der Waals surface area contributed by atoms with Crippen LogP contribution in [0.2, 0.25) is 0 Å². The lowest BCUT2D eigenvalue weighted by Crippen LogP contribution is -2.36. The van der Waals surface area contributed by atoms with Crippen molar-refractivity contribution in [2.24, 2.45) is 0 Å². The number of nitrogens with one attached hydrogen (secondary N) is 2. The SMILES string of the molecule is CCN(CCNC(=S)Nc1ccc(C(C)C)cc1)c1ccc(C)cc1. The highest BCUT2D eigenvalue weighted by atomic mass is 32.1. The molecule has 0 bridgehead atoms. The quantitative estimate of drug-likeness (QED) is 0.689. The maximum absolute atomic E-state index is 5.40. The van der Waals surface area contributed by atoms with E-state index in [-0.39, 0.29) is 0 Å². The fraction of sp³-hybridized carbons (Fsp3) is 0.381. The maximum atomic E-state index is 5.40. The van der Waals surface area contributed by atoms with Crippen LogP contribution in [0.15, 0.2) is 48.5 Å². The summed E-state index contributed by atoms with van der Waals surface area (Å²) in [6.07, 6.45) is 0. The number of nitrogens with zero attached hydrogens (tertiary/aromatic N) is 1. The van der Waals surface area contributed by atoms with Crippen LogP contribution in [0.4, 0.5) is 11.4 Å². The Morgan fingerprint density at radius 2 is 1.68 bits per heavy atom. The second-order valence-electron chi connectivity index (χ2n) is 6.57. The molecule has 0 aliphatic carbocycles. The highest BCUT2D eigenvalue weighted by molar-refractivity contribution is 7.80. The van der Waals surface area contributed by atoms with Gasteiger partial charge in [0.25, 0.3) is 0 Å². The molecule has 2 rings (SSSR count). The average molecular weight is 356 g/mol. The van der Waals surface area contributed by atoms with Crippen molar-refractivity contribution in [1.29, 1.82) is 0 Å². The van der Waals surface area contributed by atoms with E-state index in [1.165, 1.54) is 16.8 Å². The Labute approximate surface area is 157 Å². The minimum atomic E-state index is 0.543. The van der Waals surface area contributed by atoms with Crippen molar-refractivity contribution in [3.05, 3.63) is 59.7 Å². The highest BCUT2D eigenvalue weighted by Crippen LogP contribution is 2.17. The lowest BCUT2D eigenvalue weighted by molar-refractivity contribution is 0.779. The number of likely N-dealkylation sites (N-methyl/N-ethyl adjacent to an activating group) is 1. The van der Waals surface area contributed by atoms with Gasteiger partial charge in [0.15, 0.2) is 5.11 Å². The molecule has 0 aromatic heterocycles. The van der Waals surface area contributed by atoms with Crippen molar-refractivity contribution in [2.45, 2.75) is 33.6 Å². The highest BCUT2D eigenvalue weighted by Gasteiger charge is 2.05. The molecule has 0 spiro atoms. The first kappa shape index (κ1) is 19.3. The normalized spacial score (nSPS) is 10.6. The van der Waals surface area contributed by atoms with E-state index in [0.717, 1.165) is 25.3 Å². The first-order valence-corrected chi connectivity index (χ1v) is 9.37. The van der Waals surface area contributed by atoms with Gasteiger partial charge in [-0.3, -0.25) is 0 Å². The summed E-state index contributed by atoms with van der Waals surface area (Å²) >= 11 is 5.40. The van der Waals surface area contributed by atoms with Gasteiger partial charge in [-0.1, -0.05) is 43.7 Å². The minimum Gasteiger partial charge on any atom is -0.370 e. The zero-order chi connectivity index (χ0) is 18.2. The van der Waals surface area contributed by atoms with Gasteiger partial charge in [0.1, 0.15) is 0 Å². The molecule has 2 aromatic carbocycles. The summed E-state index contributed by atoms with van der Waals surface area (Å²) in [6, 6.07) is 17.1. The van der Waals surface area contributed by atoms with Gasteiger partial charge in [0.05, 0.1) is 0 Å². The van der Waals surface area contributed by atoms with Crippen molar-refractivity contribution in [3.63, 3.8) is 0 Å². The molecule has 0 radical (unpaired) electrons. The largest absolute Gasteiger partial charge is 0.370 e.